The number of nitrogens with one attached hydrogen (secondary N) is 1. The monoisotopic (exact) mass is 320 g/mol. The normalized spacial score (nSPS) is 17.3. The van der Waals surface area contributed by atoms with Crippen LogP contribution in [-0.2, 0) is 14.9 Å². The molecule has 2 rings (SSSR count). The minimum absolute atomic E-state index is 0.485. The van der Waals surface area contributed by atoms with Crippen molar-refractivity contribution < 1.29 is 19.4 Å². The second-order valence-electron chi connectivity index (χ2n) is 7.13. The fourth-order valence-electron chi connectivity index (χ4n) is 2.68. The molecule has 1 aliphatic rings. The quantitative estimate of drug-likeness (QED) is 0.792. The van der Waals surface area contributed by atoms with Gasteiger partial charge in [0.15, 0.2) is 0 Å². The van der Waals surface area contributed by atoms with Crippen molar-refractivity contribution in [2.24, 2.45) is 5.73 Å². The molecule has 4 N–H and O–H groups in total. The predicted octanol–water partition coefficient (Wildman–Crippen LogP) is 2.79. The summed E-state index contributed by atoms with van der Waals surface area (Å²) in [6, 6.07) is 4.58. The van der Waals surface area contributed by atoms with Crippen LogP contribution < -0.4 is 11.1 Å². The zero-order valence-corrected chi connectivity index (χ0v) is 14.0. The lowest BCUT2D eigenvalue weighted by atomic mass is 9.87. The van der Waals surface area contributed by atoms with Gasteiger partial charge in [-0.3, -0.25) is 10.1 Å². The molecule has 1 unspecified atom stereocenters. The van der Waals surface area contributed by atoms with E-state index in [1.807, 2.05) is 19.1 Å². The van der Waals surface area contributed by atoms with E-state index in [0.29, 0.717) is 5.69 Å². The molecule has 0 aliphatic heterocycles. The van der Waals surface area contributed by atoms with Gasteiger partial charge < -0.3 is 15.6 Å². The highest BCUT2D eigenvalue weighted by atomic mass is 16.6. The number of aryl methyl sites for hydroxylation is 1. The average molecular weight is 320 g/mol. The molecular weight excluding hydrogens is 296 g/mol. The Morgan fingerprint density at radius 1 is 1.35 bits per heavy atom. The highest BCUT2D eigenvalue weighted by molar-refractivity contribution is 5.86. The van der Waals surface area contributed by atoms with Gasteiger partial charge in [-0.1, -0.05) is 12.1 Å². The van der Waals surface area contributed by atoms with Crippen molar-refractivity contribution in [1.82, 2.24) is 0 Å². The van der Waals surface area contributed by atoms with Gasteiger partial charge in [0.1, 0.15) is 11.6 Å². The number of nitrogens with two attached hydrogens (primary N) is 1. The first-order valence-electron chi connectivity index (χ1n) is 7.65. The Kier molecular flexibility index (Phi) is 4.39. The largest absolute Gasteiger partial charge is 0.480 e. The molecule has 0 aromatic heterocycles. The van der Waals surface area contributed by atoms with E-state index in [1.165, 1.54) is 0 Å². The van der Waals surface area contributed by atoms with Crippen LogP contribution in [0.4, 0.5) is 10.5 Å². The molecule has 1 fully saturated rings. The molecule has 1 aromatic rings. The number of aliphatic carboxylic acids is 1. The lowest BCUT2D eigenvalue weighted by Gasteiger charge is -2.22. The highest BCUT2D eigenvalue weighted by Crippen LogP contribution is 2.50. The summed E-state index contributed by atoms with van der Waals surface area (Å²) in [5, 5.41) is 11.9. The van der Waals surface area contributed by atoms with E-state index in [9.17, 15) is 14.7 Å². The summed E-state index contributed by atoms with van der Waals surface area (Å²) in [6.07, 6.45) is 1.01. The molecule has 0 bridgehead atoms. The fraction of sp³-hybridized carbons (Fsp3) is 0.529. The zero-order chi connectivity index (χ0) is 17.4. The van der Waals surface area contributed by atoms with Crippen LogP contribution in [0.5, 0.6) is 0 Å². The van der Waals surface area contributed by atoms with E-state index in [1.54, 1.807) is 26.8 Å². The minimum Gasteiger partial charge on any atom is -0.480 e. The number of carbonyl (C=O) groups excluding carboxylic acids is 1. The summed E-state index contributed by atoms with van der Waals surface area (Å²) in [7, 11) is 0. The van der Waals surface area contributed by atoms with Crippen LogP contribution in [0, 0.1) is 6.92 Å². The van der Waals surface area contributed by atoms with Crippen molar-refractivity contribution in [1.29, 1.82) is 0 Å². The molecule has 0 radical (unpaired) electrons. The summed E-state index contributed by atoms with van der Waals surface area (Å²) in [5.74, 6) is -0.990. The lowest BCUT2D eigenvalue weighted by molar-refractivity contribution is -0.139. The Labute approximate surface area is 136 Å². The van der Waals surface area contributed by atoms with Gasteiger partial charge in [0.2, 0.25) is 0 Å². The Hall–Kier alpha value is -2.08. The second-order valence-corrected chi connectivity index (χ2v) is 7.13. The van der Waals surface area contributed by atoms with Gasteiger partial charge in [-0.2, -0.15) is 0 Å². The van der Waals surface area contributed by atoms with Crippen molar-refractivity contribution in [3.8, 4) is 0 Å². The van der Waals surface area contributed by atoms with E-state index < -0.39 is 29.1 Å². The molecule has 1 aromatic carbocycles. The third-order valence-corrected chi connectivity index (χ3v) is 4.09. The van der Waals surface area contributed by atoms with Crippen LogP contribution in [0.3, 0.4) is 0 Å². The minimum atomic E-state index is -0.990. The molecule has 6 heteroatoms. The first-order valence-corrected chi connectivity index (χ1v) is 7.65. The van der Waals surface area contributed by atoms with E-state index in [2.05, 4.69) is 5.32 Å². The van der Waals surface area contributed by atoms with Crippen molar-refractivity contribution in [2.75, 3.05) is 5.32 Å². The van der Waals surface area contributed by atoms with Crippen molar-refractivity contribution in [3.05, 3.63) is 29.3 Å². The molecule has 1 amide bonds. The van der Waals surface area contributed by atoms with E-state index >= 15 is 0 Å². The van der Waals surface area contributed by atoms with Gasteiger partial charge >= 0.3 is 12.1 Å². The third-order valence-electron chi connectivity index (χ3n) is 4.09. The van der Waals surface area contributed by atoms with Gasteiger partial charge in [0, 0.05) is 11.1 Å². The molecule has 126 valence electrons. The van der Waals surface area contributed by atoms with Crippen molar-refractivity contribution in [3.63, 3.8) is 0 Å². The van der Waals surface area contributed by atoms with E-state index in [-0.39, 0.29) is 0 Å². The molecular formula is C17H24N2O4. The molecule has 0 heterocycles. The van der Waals surface area contributed by atoms with Gasteiger partial charge in [-0.05, 0) is 57.7 Å². The topological polar surface area (TPSA) is 102 Å². The number of hydrogen-bond acceptors (Lipinski definition) is 4. The molecule has 1 aliphatic carbocycles. The first kappa shape index (κ1) is 17.3. The van der Waals surface area contributed by atoms with Gasteiger partial charge in [-0.15, -0.1) is 0 Å². The summed E-state index contributed by atoms with van der Waals surface area (Å²) in [5.41, 5.74) is 7.18. The number of hydrogen-bond donors (Lipinski definition) is 3. The van der Waals surface area contributed by atoms with E-state index in [0.717, 1.165) is 24.0 Å². The summed E-state index contributed by atoms with van der Waals surface area (Å²) in [4.78, 5) is 23.0. The van der Waals surface area contributed by atoms with Crippen LogP contribution in [0.25, 0.3) is 0 Å². The lowest BCUT2D eigenvalue weighted by Crippen LogP contribution is -2.42. The smallest absolute Gasteiger partial charge is 0.412 e. The number of ether oxygens (including phenoxy) is 1. The predicted molar refractivity (Wildman–Crippen MR) is 87.6 cm³/mol. The Bertz CT molecular complexity index is 630. The molecule has 0 saturated heterocycles. The number of amides is 1. The van der Waals surface area contributed by atoms with Crippen LogP contribution in [0.15, 0.2) is 18.2 Å². The number of carbonyl (C=O) groups is 2. The number of carboxylic acid groups (broad SMARTS) is 1. The van der Waals surface area contributed by atoms with Crippen LogP contribution in [0.1, 0.15) is 44.7 Å². The molecule has 6 nitrogen and oxygen atoms in total. The van der Waals surface area contributed by atoms with Crippen molar-refractivity contribution >= 4 is 17.7 Å². The Morgan fingerprint density at radius 3 is 2.39 bits per heavy atom. The van der Waals surface area contributed by atoms with Gasteiger partial charge in [0.05, 0.1) is 0 Å². The van der Waals surface area contributed by atoms with Gasteiger partial charge in [0.25, 0.3) is 0 Å². The molecule has 0 spiro atoms. The number of benzene rings is 1. The maximum absolute atomic E-state index is 11.8. The number of anilines is 1. The number of carboxylic acids is 1. The van der Waals surface area contributed by atoms with Crippen LogP contribution in [-0.4, -0.2) is 28.8 Å². The summed E-state index contributed by atoms with van der Waals surface area (Å²) in [6.45, 7) is 7.25. The third kappa shape index (κ3) is 3.82. The summed E-state index contributed by atoms with van der Waals surface area (Å²) < 4.78 is 5.23. The number of rotatable bonds is 4. The van der Waals surface area contributed by atoms with Crippen molar-refractivity contribution in [2.45, 2.75) is 57.6 Å². The summed E-state index contributed by atoms with van der Waals surface area (Å²) >= 11 is 0. The van der Waals surface area contributed by atoms with Crippen LogP contribution in [0.2, 0.25) is 0 Å². The second kappa shape index (κ2) is 5.85. The first-order chi connectivity index (χ1) is 10.5. The fourth-order valence-corrected chi connectivity index (χ4v) is 2.68. The highest BCUT2D eigenvalue weighted by Gasteiger charge is 2.52. The molecule has 1 saturated carbocycles. The molecule has 23 heavy (non-hydrogen) atoms. The Morgan fingerprint density at radius 2 is 1.96 bits per heavy atom. The average Bonchev–Trinajstić information content (AvgIpc) is 3.19. The van der Waals surface area contributed by atoms with Crippen LogP contribution >= 0.6 is 0 Å². The Balaban J connectivity index is 2.16. The standard InChI is InChI=1S/C17H24N2O4/c1-10-9-11(17(7-8-17)13(18)14(20)21)5-6-12(10)19-15(22)23-16(2,3)4/h5-6,9,13H,7-8,18H2,1-4H3,(H,19,22)(H,20,21). The van der Waals surface area contributed by atoms with Gasteiger partial charge in [-0.25, -0.2) is 4.79 Å². The van der Waals surface area contributed by atoms with E-state index in [4.69, 9.17) is 10.5 Å². The maximum Gasteiger partial charge on any atom is 0.412 e. The molecule has 1 atom stereocenters. The zero-order valence-electron chi connectivity index (χ0n) is 14.0. The SMILES string of the molecule is Cc1cc(C2(C(N)C(=O)O)CC2)ccc1NC(=O)OC(C)(C)C. The maximum atomic E-state index is 11.8.